The van der Waals surface area contributed by atoms with Crippen LogP contribution in [-0.4, -0.2) is 47.9 Å². The first kappa shape index (κ1) is 23.3. The average molecular weight is 474 g/mol. The highest BCUT2D eigenvalue weighted by atomic mass is 16.5. The number of furan rings is 1. The van der Waals surface area contributed by atoms with Crippen LogP contribution < -0.4 is 5.32 Å². The molecule has 0 saturated carbocycles. The Kier molecular flexibility index (Phi) is 6.97. The quantitative estimate of drug-likeness (QED) is 0.538. The lowest BCUT2D eigenvalue weighted by atomic mass is 10.00. The molecule has 3 heterocycles. The Hall–Kier alpha value is -3.42. The third-order valence-electron chi connectivity index (χ3n) is 6.73. The fourth-order valence-electron chi connectivity index (χ4n) is 4.74. The van der Waals surface area contributed by atoms with Gasteiger partial charge in [-0.25, -0.2) is 0 Å². The van der Waals surface area contributed by atoms with Crippen molar-refractivity contribution in [2.24, 2.45) is 0 Å². The topological polar surface area (TPSA) is 75.0 Å². The molecule has 1 atom stereocenters. The smallest absolute Gasteiger partial charge is 0.255 e. The van der Waals surface area contributed by atoms with E-state index in [0.717, 1.165) is 61.1 Å². The predicted molar refractivity (Wildman–Crippen MR) is 132 cm³/mol. The van der Waals surface area contributed by atoms with Crippen LogP contribution in [0.25, 0.3) is 0 Å². The minimum atomic E-state index is -0.344. The molecule has 1 N–H and O–H groups in total. The molecule has 2 aromatic carbocycles. The third kappa shape index (κ3) is 5.47. The third-order valence-corrected chi connectivity index (χ3v) is 6.73. The second-order valence-corrected chi connectivity index (χ2v) is 9.25. The van der Waals surface area contributed by atoms with Gasteiger partial charge in [-0.1, -0.05) is 48.0 Å². The molecular formula is C28H31N3O4. The van der Waals surface area contributed by atoms with Gasteiger partial charge in [-0.05, 0) is 36.2 Å². The number of ether oxygens (including phenoxy) is 1. The zero-order chi connectivity index (χ0) is 24.2. The fraction of sp³-hybridized carbons (Fsp3) is 0.357. The number of hydrogen-bond donors (Lipinski definition) is 1. The van der Waals surface area contributed by atoms with Crippen LogP contribution in [0.3, 0.4) is 0 Å². The molecular weight excluding hydrogens is 442 g/mol. The Morgan fingerprint density at radius 2 is 1.74 bits per heavy atom. The molecule has 0 radical (unpaired) electrons. The van der Waals surface area contributed by atoms with Crippen molar-refractivity contribution in [3.63, 3.8) is 0 Å². The van der Waals surface area contributed by atoms with Crippen LogP contribution in [-0.2, 0) is 29.2 Å². The van der Waals surface area contributed by atoms with Gasteiger partial charge < -0.3 is 19.4 Å². The molecule has 0 aliphatic carbocycles. The maximum atomic E-state index is 13.2. The maximum Gasteiger partial charge on any atom is 0.255 e. The molecule has 2 amide bonds. The summed E-state index contributed by atoms with van der Waals surface area (Å²) in [7, 11) is 0. The number of benzene rings is 2. The number of hydrogen-bond acceptors (Lipinski definition) is 5. The lowest BCUT2D eigenvalue weighted by Crippen LogP contribution is -2.35. The molecule has 35 heavy (non-hydrogen) atoms. The minimum Gasteiger partial charge on any atom is -0.463 e. The number of carbonyl (C=O) groups excluding carboxylic acids is 2. The predicted octanol–water partition coefficient (Wildman–Crippen LogP) is 3.82. The number of aryl methyl sites for hydroxylation is 1. The highest BCUT2D eigenvalue weighted by Gasteiger charge is 2.34. The van der Waals surface area contributed by atoms with Gasteiger partial charge in [-0.2, -0.15) is 0 Å². The van der Waals surface area contributed by atoms with Crippen molar-refractivity contribution in [2.75, 3.05) is 26.3 Å². The van der Waals surface area contributed by atoms with Crippen LogP contribution in [0.5, 0.6) is 0 Å². The summed E-state index contributed by atoms with van der Waals surface area (Å²) in [6, 6.07) is 19.2. The van der Waals surface area contributed by atoms with Gasteiger partial charge in [0.05, 0.1) is 38.8 Å². The highest BCUT2D eigenvalue weighted by Crippen LogP contribution is 2.33. The number of fused-ring (bicyclic) bond motifs is 1. The van der Waals surface area contributed by atoms with Crippen molar-refractivity contribution in [1.29, 1.82) is 0 Å². The van der Waals surface area contributed by atoms with Crippen molar-refractivity contribution in [2.45, 2.75) is 39.0 Å². The zero-order valence-electron chi connectivity index (χ0n) is 20.0. The molecule has 0 spiro atoms. The summed E-state index contributed by atoms with van der Waals surface area (Å²) < 4.78 is 11.3. The van der Waals surface area contributed by atoms with Crippen molar-refractivity contribution < 1.29 is 18.7 Å². The molecule has 3 aromatic rings. The zero-order valence-corrected chi connectivity index (χ0v) is 20.0. The van der Waals surface area contributed by atoms with Crippen LogP contribution >= 0.6 is 0 Å². The van der Waals surface area contributed by atoms with E-state index >= 15 is 0 Å². The molecule has 1 saturated heterocycles. The lowest BCUT2D eigenvalue weighted by molar-refractivity contribution is -0.122. The molecule has 7 nitrogen and oxygen atoms in total. The summed E-state index contributed by atoms with van der Waals surface area (Å²) in [5.74, 6) is 1.45. The normalized spacial score (nSPS) is 16.8. The van der Waals surface area contributed by atoms with Crippen LogP contribution in [0, 0.1) is 6.92 Å². The van der Waals surface area contributed by atoms with E-state index in [2.05, 4.69) is 10.2 Å². The summed E-state index contributed by atoms with van der Waals surface area (Å²) >= 11 is 0. The second kappa shape index (κ2) is 10.5. The monoisotopic (exact) mass is 473 g/mol. The van der Waals surface area contributed by atoms with Gasteiger partial charge in [0, 0.05) is 25.2 Å². The fourth-order valence-corrected chi connectivity index (χ4v) is 4.74. The molecule has 182 valence electrons. The number of carbonyl (C=O) groups is 2. The maximum absolute atomic E-state index is 13.2. The lowest BCUT2D eigenvalue weighted by Gasteiger charge is -2.28. The second-order valence-electron chi connectivity index (χ2n) is 9.25. The highest BCUT2D eigenvalue weighted by molar-refractivity contribution is 5.98. The van der Waals surface area contributed by atoms with Crippen LogP contribution in [0.15, 0.2) is 65.1 Å². The van der Waals surface area contributed by atoms with Gasteiger partial charge in [0.15, 0.2) is 0 Å². The molecule has 0 unspecified atom stereocenters. The minimum absolute atomic E-state index is 0.0298. The Balaban J connectivity index is 1.24. The number of amides is 2. The van der Waals surface area contributed by atoms with Gasteiger partial charge in [0.25, 0.3) is 5.91 Å². The van der Waals surface area contributed by atoms with Gasteiger partial charge in [0.1, 0.15) is 11.5 Å². The molecule has 0 bridgehead atoms. The Labute approximate surface area is 205 Å². The van der Waals surface area contributed by atoms with Crippen molar-refractivity contribution in [1.82, 2.24) is 15.1 Å². The van der Waals surface area contributed by atoms with E-state index in [9.17, 15) is 9.59 Å². The first-order valence-electron chi connectivity index (χ1n) is 12.2. The molecule has 1 aromatic heterocycles. The first-order chi connectivity index (χ1) is 17.1. The van der Waals surface area contributed by atoms with E-state index in [1.54, 1.807) is 0 Å². The van der Waals surface area contributed by atoms with Crippen LogP contribution in [0.2, 0.25) is 0 Å². The molecule has 2 aliphatic heterocycles. The van der Waals surface area contributed by atoms with Gasteiger partial charge in [0.2, 0.25) is 5.91 Å². The van der Waals surface area contributed by atoms with E-state index in [1.165, 1.54) is 0 Å². The average Bonchev–Trinajstić information content (AvgIpc) is 3.46. The number of nitrogens with zero attached hydrogens (tertiary/aromatic N) is 2. The summed E-state index contributed by atoms with van der Waals surface area (Å²) in [6.45, 7) is 6.87. The van der Waals surface area contributed by atoms with Crippen molar-refractivity contribution in [3.05, 3.63) is 94.4 Å². The summed E-state index contributed by atoms with van der Waals surface area (Å²) in [4.78, 5) is 30.3. The van der Waals surface area contributed by atoms with Crippen LogP contribution in [0.4, 0.5) is 0 Å². The van der Waals surface area contributed by atoms with E-state index in [0.29, 0.717) is 18.7 Å². The SMILES string of the molecule is Cc1ccc([C@H](CC(=O)NCc2ccc(CN3CCOCC3)o2)N2Cc3ccccc3C2=O)cc1. The number of nitrogens with one attached hydrogen (secondary N) is 1. The van der Waals surface area contributed by atoms with E-state index in [-0.39, 0.29) is 24.3 Å². The molecule has 5 rings (SSSR count). The molecule has 1 fully saturated rings. The molecule has 2 aliphatic rings. The Morgan fingerprint density at radius 3 is 2.51 bits per heavy atom. The van der Waals surface area contributed by atoms with Crippen molar-refractivity contribution in [3.8, 4) is 0 Å². The van der Waals surface area contributed by atoms with E-state index < -0.39 is 0 Å². The first-order valence-corrected chi connectivity index (χ1v) is 12.2. The van der Waals surface area contributed by atoms with Crippen LogP contribution in [0.1, 0.15) is 51.0 Å². The Bertz CT molecular complexity index is 1180. The number of rotatable bonds is 8. The van der Waals surface area contributed by atoms with Crippen molar-refractivity contribution >= 4 is 11.8 Å². The van der Waals surface area contributed by atoms with E-state index in [4.69, 9.17) is 9.15 Å². The summed E-state index contributed by atoms with van der Waals surface area (Å²) in [6.07, 6.45) is 0.185. The van der Waals surface area contributed by atoms with E-state index in [1.807, 2.05) is 72.5 Å². The number of morpholine rings is 1. The Morgan fingerprint density at radius 1 is 1.00 bits per heavy atom. The van der Waals surface area contributed by atoms with Gasteiger partial charge >= 0.3 is 0 Å². The van der Waals surface area contributed by atoms with Gasteiger partial charge in [-0.15, -0.1) is 0 Å². The molecule has 7 heteroatoms. The largest absolute Gasteiger partial charge is 0.463 e. The summed E-state index contributed by atoms with van der Waals surface area (Å²) in [5.41, 5.74) is 3.81. The summed E-state index contributed by atoms with van der Waals surface area (Å²) in [5, 5.41) is 2.98. The standard InChI is InChI=1S/C28H31N3O4/c1-20-6-8-21(9-7-20)26(31-18-22-4-2-3-5-25(22)28(31)33)16-27(32)29-17-23-10-11-24(35-23)19-30-12-14-34-15-13-30/h2-11,26H,12-19H2,1H3,(H,29,32)/t26-/m0/s1. The van der Waals surface area contributed by atoms with Gasteiger partial charge in [-0.3, -0.25) is 14.5 Å².